The fourth-order valence-electron chi connectivity index (χ4n) is 3.22. The zero-order valence-electron chi connectivity index (χ0n) is 15.8. The molecule has 0 spiro atoms. The van der Waals surface area contributed by atoms with Crippen LogP contribution in [-0.4, -0.2) is 23.9 Å². The number of benzene rings is 2. The molecule has 3 rings (SSSR count). The normalized spacial score (nSPS) is 15.3. The van der Waals surface area contributed by atoms with Gasteiger partial charge in [0.05, 0.1) is 5.41 Å². The zero-order chi connectivity index (χ0) is 18.7. The Bertz CT molecular complexity index is 766. The fraction of sp³-hybridized carbons (Fsp3) is 0.409. The first-order chi connectivity index (χ1) is 12.4. The number of carbonyl (C=O) groups is 1. The van der Waals surface area contributed by atoms with E-state index in [1.807, 2.05) is 18.2 Å². The summed E-state index contributed by atoms with van der Waals surface area (Å²) in [7, 11) is 2.13. The first-order valence-electron chi connectivity index (χ1n) is 9.24. The molecule has 0 bridgehead atoms. The Balaban J connectivity index is 1.68. The number of halogens is 1. The third kappa shape index (κ3) is 4.18. The van der Waals surface area contributed by atoms with Gasteiger partial charge in [-0.25, -0.2) is 0 Å². The van der Waals surface area contributed by atoms with E-state index in [1.165, 1.54) is 11.1 Å². The van der Waals surface area contributed by atoms with E-state index in [1.54, 1.807) is 0 Å². The lowest BCUT2D eigenvalue weighted by molar-refractivity contribution is -0.123. The van der Waals surface area contributed by atoms with E-state index in [0.717, 1.165) is 29.4 Å². The topological polar surface area (TPSA) is 32.3 Å². The van der Waals surface area contributed by atoms with Crippen LogP contribution in [0.2, 0.25) is 0 Å². The van der Waals surface area contributed by atoms with Crippen LogP contribution in [0.3, 0.4) is 0 Å². The molecule has 0 unspecified atom stereocenters. The maximum absolute atomic E-state index is 12.9. The molecule has 2 aromatic carbocycles. The lowest BCUT2D eigenvalue weighted by Gasteiger charge is -2.23. The molecule has 138 valence electrons. The minimum atomic E-state index is -0.329. The smallest absolute Gasteiger partial charge is 0.230 e. The Morgan fingerprint density at radius 2 is 1.73 bits per heavy atom. The van der Waals surface area contributed by atoms with Crippen LogP contribution in [0, 0.1) is 0 Å². The van der Waals surface area contributed by atoms with Gasteiger partial charge in [-0.2, -0.15) is 0 Å². The summed E-state index contributed by atoms with van der Waals surface area (Å²) in [4.78, 5) is 15.2. The van der Waals surface area contributed by atoms with Crippen LogP contribution < -0.4 is 5.32 Å². The highest BCUT2D eigenvalue weighted by molar-refractivity contribution is 9.10. The van der Waals surface area contributed by atoms with Gasteiger partial charge in [0.25, 0.3) is 0 Å². The van der Waals surface area contributed by atoms with Crippen molar-refractivity contribution in [2.45, 2.75) is 51.2 Å². The number of carbonyl (C=O) groups excluding carboxylic acids is 1. The van der Waals surface area contributed by atoms with E-state index in [9.17, 15) is 4.79 Å². The van der Waals surface area contributed by atoms with Gasteiger partial charge in [0, 0.05) is 23.6 Å². The number of hydrogen-bond acceptors (Lipinski definition) is 2. The molecule has 0 aliphatic heterocycles. The summed E-state index contributed by atoms with van der Waals surface area (Å²) < 4.78 is 1.04. The van der Waals surface area contributed by atoms with Crippen LogP contribution >= 0.6 is 15.9 Å². The second-order valence-corrected chi connectivity index (χ2v) is 8.46. The second kappa shape index (κ2) is 7.93. The molecule has 0 aromatic heterocycles. The summed E-state index contributed by atoms with van der Waals surface area (Å²) in [5.41, 5.74) is 3.26. The van der Waals surface area contributed by atoms with Crippen molar-refractivity contribution in [3.63, 3.8) is 0 Å². The molecular weight excluding hydrogens is 388 g/mol. The van der Waals surface area contributed by atoms with Gasteiger partial charge < -0.3 is 5.32 Å². The van der Waals surface area contributed by atoms with Gasteiger partial charge in [-0.15, -0.1) is 0 Å². The van der Waals surface area contributed by atoms with Crippen molar-refractivity contribution in [1.29, 1.82) is 0 Å². The summed E-state index contributed by atoms with van der Waals surface area (Å²) in [6, 6.07) is 17.0. The molecule has 0 radical (unpaired) electrons. The number of nitrogens with zero attached hydrogens (tertiary/aromatic N) is 1. The SMILES string of the molecule is CC(C)N(C)Cc1ccccc1CNC(=O)C1(c2ccc(Br)cc2)CC1. The van der Waals surface area contributed by atoms with Gasteiger partial charge in [-0.3, -0.25) is 9.69 Å². The van der Waals surface area contributed by atoms with Crippen molar-refractivity contribution >= 4 is 21.8 Å². The molecule has 1 N–H and O–H groups in total. The fourth-order valence-corrected chi connectivity index (χ4v) is 3.49. The largest absolute Gasteiger partial charge is 0.351 e. The monoisotopic (exact) mass is 414 g/mol. The van der Waals surface area contributed by atoms with Crippen molar-refractivity contribution < 1.29 is 4.79 Å². The van der Waals surface area contributed by atoms with E-state index in [4.69, 9.17) is 0 Å². The van der Waals surface area contributed by atoms with E-state index < -0.39 is 0 Å². The predicted molar refractivity (Wildman–Crippen MR) is 110 cm³/mol. The number of nitrogens with one attached hydrogen (secondary N) is 1. The molecule has 0 saturated heterocycles. The second-order valence-electron chi connectivity index (χ2n) is 7.55. The molecule has 1 aliphatic carbocycles. The van der Waals surface area contributed by atoms with Crippen LogP contribution in [0.4, 0.5) is 0 Å². The van der Waals surface area contributed by atoms with Gasteiger partial charge in [0.1, 0.15) is 0 Å². The number of rotatable bonds is 7. The van der Waals surface area contributed by atoms with Gasteiger partial charge in [0.2, 0.25) is 5.91 Å². The van der Waals surface area contributed by atoms with Crippen molar-refractivity contribution in [2.75, 3.05) is 7.05 Å². The minimum absolute atomic E-state index is 0.145. The molecule has 3 nitrogen and oxygen atoms in total. The molecule has 1 aliphatic rings. The third-order valence-electron chi connectivity index (χ3n) is 5.44. The highest BCUT2D eigenvalue weighted by Crippen LogP contribution is 2.48. The first kappa shape index (κ1) is 19.1. The lowest BCUT2D eigenvalue weighted by atomic mass is 9.95. The van der Waals surface area contributed by atoms with Crippen LogP contribution in [-0.2, 0) is 23.3 Å². The van der Waals surface area contributed by atoms with E-state index in [0.29, 0.717) is 12.6 Å². The molecule has 1 amide bonds. The van der Waals surface area contributed by atoms with Crippen molar-refractivity contribution in [1.82, 2.24) is 10.2 Å². The van der Waals surface area contributed by atoms with E-state index in [-0.39, 0.29) is 11.3 Å². The summed E-state index contributed by atoms with van der Waals surface area (Å²) >= 11 is 3.46. The standard InChI is InChI=1S/C22H27BrN2O/c1-16(2)25(3)15-18-7-5-4-6-17(18)14-24-21(26)22(12-13-22)19-8-10-20(23)11-9-19/h4-11,16H,12-15H2,1-3H3,(H,24,26). The molecule has 4 heteroatoms. The predicted octanol–water partition coefficient (Wildman–Crippen LogP) is 4.64. The molecule has 0 atom stereocenters. The zero-order valence-corrected chi connectivity index (χ0v) is 17.3. The summed E-state index contributed by atoms with van der Waals surface area (Å²) in [6.45, 7) is 5.86. The van der Waals surface area contributed by atoms with Gasteiger partial charge >= 0.3 is 0 Å². The van der Waals surface area contributed by atoms with E-state index >= 15 is 0 Å². The van der Waals surface area contributed by atoms with Crippen LogP contribution in [0.15, 0.2) is 53.0 Å². The third-order valence-corrected chi connectivity index (χ3v) is 5.97. The Hall–Kier alpha value is -1.65. The quantitative estimate of drug-likeness (QED) is 0.715. The van der Waals surface area contributed by atoms with Crippen LogP contribution in [0.25, 0.3) is 0 Å². The Morgan fingerprint density at radius 1 is 1.12 bits per heavy atom. The van der Waals surface area contributed by atoms with Crippen LogP contribution in [0.1, 0.15) is 43.4 Å². The first-order valence-corrected chi connectivity index (χ1v) is 10.0. The molecule has 1 fully saturated rings. The van der Waals surface area contributed by atoms with Crippen LogP contribution in [0.5, 0.6) is 0 Å². The summed E-state index contributed by atoms with van der Waals surface area (Å²) in [5, 5.41) is 3.19. The molecule has 26 heavy (non-hydrogen) atoms. The highest BCUT2D eigenvalue weighted by atomic mass is 79.9. The maximum atomic E-state index is 12.9. The molecule has 2 aromatic rings. The lowest BCUT2D eigenvalue weighted by Crippen LogP contribution is -2.34. The van der Waals surface area contributed by atoms with Crippen molar-refractivity contribution in [2.24, 2.45) is 0 Å². The molecular formula is C22H27BrN2O. The van der Waals surface area contributed by atoms with Gasteiger partial charge in [-0.05, 0) is 62.6 Å². The molecule has 1 saturated carbocycles. The average molecular weight is 415 g/mol. The molecule has 0 heterocycles. The van der Waals surface area contributed by atoms with Gasteiger partial charge in [-0.1, -0.05) is 52.3 Å². The maximum Gasteiger partial charge on any atom is 0.230 e. The van der Waals surface area contributed by atoms with Gasteiger partial charge in [0.15, 0.2) is 0 Å². The Morgan fingerprint density at radius 3 is 2.31 bits per heavy atom. The summed E-state index contributed by atoms with van der Waals surface area (Å²) in [6.07, 6.45) is 1.86. The number of amides is 1. The Kier molecular flexibility index (Phi) is 5.83. The average Bonchev–Trinajstić information content (AvgIpc) is 3.43. The Labute approximate surface area is 164 Å². The van der Waals surface area contributed by atoms with Crippen molar-refractivity contribution in [3.8, 4) is 0 Å². The highest BCUT2D eigenvalue weighted by Gasteiger charge is 2.51. The van der Waals surface area contributed by atoms with Crippen molar-refractivity contribution in [3.05, 3.63) is 69.7 Å². The minimum Gasteiger partial charge on any atom is -0.351 e. The summed E-state index contributed by atoms with van der Waals surface area (Å²) in [5.74, 6) is 0.145. The number of hydrogen-bond donors (Lipinski definition) is 1. The van der Waals surface area contributed by atoms with E-state index in [2.05, 4.69) is 77.4 Å².